The molecule has 5 nitrogen and oxygen atoms in total. The van der Waals surface area contributed by atoms with Crippen molar-refractivity contribution in [3.63, 3.8) is 0 Å². The average Bonchev–Trinajstić information content (AvgIpc) is 2.64. The number of nitrogens with zero attached hydrogens (tertiary/aromatic N) is 1. The highest BCUT2D eigenvalue weighted by molar-refractivity contribution is 5.35. The number of aromatic nitrogens is 1. The predicted octanol–water partition coefficient (Wildman–Crippen LogP) is 1.80. The van der Waals surface area contributed by atoms with E-state index in [2.05, 4.69) is 9.72 Å². The van der Waals surface area contributed by atoms with E-state index in [1.807, 2.05) is 0 Å². The molecule has 1 N–H and O–H groups in total. The lowest BCUT2D eigenvalue weighted by Crippen LogP contribution is -2.45. The second-order valence-corrected chi connectivity index (χ2v) is 4.39. The quantitative estimate of drug-likeness (QED) is 0.859. The van der Waals surface area contributed by atoms with Gasteiger partial charge in [-0.15, -0.1) is 0 Å². The minimum atomic E-state index is -4.51. The Morgan fingerprint density at radius 1 is 1.19 bits per heavy atom. The van der Waals surface area contributed by atoms with Crippen LogP contribution in [-0.4, -0.2) is 48.9 Å². The van der Waals surface area contributed by atoms with Crippen LogP contribution in [0.1, 0.15) is 11.7 Å². The van der Waals surface area contributed by atoms with Crippen molar-refractivity contribution < 1.29 is 36.9 Å². The predicted molar refractivity (Wildman–Crippen MR) is 61.9 cm³/mol. The summed E-state index contributed by atoms with van der Waals surface area (Å²) in [4.78, 5) is 3.75. The second-order valence-electron chi connectivity index (χ2n) is 4.39. The van der Waals surface area contributed by atoms with Gasteiger partial charge in [0.25, 0.3) is 0 Å². The summed E-state index contributed by atoms with van der Waals surface area (Å²) in [6, 6.07) is 2.33. The summed E-state index contributed by atoms with van der Waals surface area (Å²) in [6.07, 6.45) is -4.58. The van der Waals surface area contributed by atoms with Crippen LogP contribution in [0, 0.1) is 0 Å². The third kappa shape index (κ3) is 2.30. The van der Waals surface area contributed by atoms with E-state index in [4.69, 9.17) is 14.6 Å². The van der Waals surface area contributed by atoms with Gasteiger partial charge in [0.2, 0.25) is 11.8 Å². The van der Waals surface area contributed by atoms with Crippen molar-refractivity contribution in [3.05, 3.63) is 17.7 Å². The molecule has 1 aromatic heterocycles. The summed E-state index contributed by atoms with van der Waals surface area (Å²) >= 11 is 0. The van der Waals surface area contributed by atoms with Crippen LogP contribution in [0.3, 0.4) is 0 Å². The zero-order chi connectivity index (χ0) is 15.8. The maximum atomic E-state index is 13.9. The molecule has 0 saturated carbocycles. The molecule has 2 rings (SSSR count). The van der Waals surface area contributed by atoms with Gasteiger partial charge in [0, 0.05) is 11.6 Å². The number of pyridine rings is 1. The van der Waals surface area contributed by atoms with Gasteiger partial charge in [0.1, 0.15) is 0 Å². The number of aliphatic hydroxyl groups is 1. The molecular formula is C12H13F4NO4. The summed E-state index contributed by atoms with van der Waals surface area (Å²) in [5.41, 5.74) is -0.348. The van der Waals surface area contributed by atoms with Crippen LogP contribution in [0.2, 0.25) is 0 Å². The summed E-state index contributed by atoms with van der Waals surface area (Å²) < 4.78 is 69.2. The lowest BCUT2D eigenvalue weighted by atomic mass is 10.0. The second kappa shape index (κ2) is 5.30. The Morgan fingerprint density at radius 2 is 1.86 bits per heavy atom. The van der Waals surface area contributed by atoms with Gasteiger partial charge in [0.15, 0.2) is 12.2 Å². The number of aliphatic hydroxyl groups excluding tert-OH is 1. The zero-order valence-electron chi connectivity index (χ0n) is 11.1. The lowest BCUT2D eigenvalue weighted by molar-refractivity contribution is -0.202. The molecule has 21 heavy (non-hydrogen) atoms. The number of rotatable bonds is 4. The Bertz CT molecular complexity index is 526. The molecule has 0 bridgehead atoms. The lowest BCUT2D eigenvalue weighted by Gasteiger charge is -2.23. The Morgan fingerprint density at radius 3 is 2.33 bits per heavy atom. The molecule has 1 aliphatic rings. The molecule has 1 fully saturated rings. The average molecular weight is 311 g/mol. The van der Waals surface area contributed by atoms with E-state index in [1.165, 1.54) is 13.2 Å². The molecule has 9 heteroatoms. The first-order valence-electron chi connectivity index (χ1n) is 5.90. The molecule has 2 heterocycles. The Kier molecular flexibility index (Phi) is 3.98. The van der Waals surface area contributed by atoms with E-state index < -0.39 is 30.7 Å². The molecule has 0 unspecified atom stereocenters. The standard InChI is InChI=1S/C12H13F4NO4/c1-19-8-4-3-6(10(17-8)20-2)9-12(15,16)11(13,14)7(5-18)21-9/h3-4,7,9,18H,5H2,1-2H3/t7-,9+/m1/s1. The van der Waals surface area contributed by atoms with Crippen LogP contribution in [0.5, 0.6) is 11.8 Å². The highest BCUT2D eigenvalue weighted by Crippen LogP contribution is 2.55. The normalized spacial score (nSPS) is 26.6. The molecule has 0 radical (unpaired) electrons. The maximum absolute atomic E-state index is 13.9. The van der Waals surface area contributed by atoms with Gasteiger partial charge in [-0.1, -0.05) is 0 Å². The first-order chi connectivity index (χ1) is 9.79. The molecule has 2 atom stereocenters. The van der Waals surface area contributed by atoms with Gasteiger partial charge in [-0.3, -0.25) is 0 Å². The monoisotopic (exact) mass is 311 g/mol. The van der Waals surface area contributed by atoms with Crippen LogP contribution in [0.4, 0.5) is 17.6 Å². The minimum Gasteiger partial charge on any atom is -0.481 e. The number of methoxy groups -OCH3 is 2. The molecule has 0 aromatic carbocycles. The zero-order valence-corrected chi connectivity index (χ0v) is 11.1. The van der Waals surface area contributed by atoms with Crippen molar-refractivity contribution in [1.82, 2.24) is 4.98 Å². The van der Waals surface area contributed by atoms with Crippen LogP contribution in [-0.2, 0) is 4.74 Å². The highest BCUT2D eigenvalue weighted by Gasteiger charge is 2.72. The molecule has 1 saturated heterocycles. The van der Waals surface area contributed by atoms with Crippen molar-refractivity contribution in [2.45, 2.75) is 24.1 Å². The number of hydrogen-bond donors (Lipinski definition) is 1. The fourth-order valence-electron chi connectivity index (χ4n) is 2.06. The summed E-state index contributed by atoms with van der Waals surface area (Å²) in [7, 11) is 2.46. The fraction of sp³-hybridized carbons (Fsp3) is 0.583. The molecule has 1 aromatic rings. The summed E-state index contributed by atoms with van der Waals surface area (Å²) in [5.74, 6) is -9.25. The van der Waals surface area contributed by atoms with Crippen molar-refractivity contribution in [1.29, 1.82) is 0 Å². The topological polar surface area (TPSA) is 60.8 Å². The van der Waals surface area contributed by atoms with Crippen LogP contribution in [0.25, 0.3) is 0 Å². The van der Waals surface area contributed by atoms with Gasteiger partial charge >= 0.3 is 11.8 Å². The molecule has 1 aliphatic heterocycles. The summed E-state index contributed by atoms with van der Waals surface area (Å²) in [6.45, 7) is -1.23. The molecule has 0 spiro atoms. The first-order valence-corrected chi connectivity index (χ1v) is 5.90. The molecule has 0 amide bonds. The van der Waals surface area contributed by atoms with E-state index >= 15 is 0 Å². The van der Waals surface area contributed by atoms with Crippen molar-refractivity contribution in [2.24, 2.45) is 0 Å². The van der Waals surface area contributed by atoms with Crippen molar-refractivity contribution in [2.75, 3.05) is 20.8 Å². The van der Waals surface area contributed by atoms with E-state index in [9.17, 15) is 17.6 Å². The highest BCUT2D eigenvalue weighted by atomic mass is 19.3. The SMILES string of the molecule is COc1ccc([C@@H]2O[C@H](CO)C(F)(F)C2(F)F)c(OC)n1. The number of halogens is 4. The molecule has 118 valence electrons. The van der Waals surface area contributed by atoms with E-state index in [0.717, 1.165) is 13.2 Å². The van der Waals surface area contributed by atoms with E-state index in [0.29, 0.717) is 0 Å². The van der Waals surface area contributed by atoms with E-state index in [-0.39, 0.29) is 17.3 Å². The van der Waals surface area contributed by atoms with Gasteiger partial charge in [-0.05, 0) is 6.07 Å². The van der Waals surface area contributed by atoms with E-state index in [1.54, 1.807) is 0 Å². The van der Waals surface area contributed by atoms with Crippen LogP contribution >= 0.6 is 0 Å². The molecule has 0 aliphatic carbocycles. The summed E-state index contributed by atoms with van der Waals surface area (Å²) in [5, 5.41) is 8.80. The smallest absolute Gasteiger partial charge is 0.342 e. The third-order valence-electron chi connectivity index (χ3n) is 3.19. The minimum absolute atomic E-state index is 0.0716. The van der Waals surface area contributed by atoms with Gasteiger partial charge < -0.3 is 19.3 Å². The van der Waals surface area contributed by atoms with Crippen molar-refractivity contribution in [3.8, 4) is 11.8 Å². The fourth-order valence-corrected chi connectivity index (χ4v) is 2.06. The largest absolute Gasteiger partial charge is 0.481 e. The van der Waals surface area contributed by atoms with Gasteiger partial charge in [-0.2, -0.15) is 22.5 Å². The van der Waals surface area contributed by atoms with Gasteiger partial charge in [-0.25, -0.2) is 0 Å². The third-order valence-corrected chi connectivity index (χ3v) is 3.19. The van der Waals surface area contributed by atoms with Crippen LogP contribution in [0.15, 0.2) is 12.1 Å². The van der Waals surface area contributed by atoms with Crippen molar-refractivity contribution >= 4 is 0 Å². The van der Waals surface area contributed by atoms with Crippen LogP contribution < -0.4 is 9.47 Å². The first kappa shape index (κ1) is 15.8. The molecular weight excluding hydrogens is 298 g/mol. The number of alkyl halides is 4. The number of ether oxygens (including phenoxy) is 3. The Labute approximate surface area is 117 Å². The maximum Gasteiger partial charge on any atom is 0.342 e. The van der Waals surface area contributed by atoms with Gasteiger partial charge in [0.05, 0.1) is 20.8 Å². The number of hydrogen-bond acceptors (Lipinski definition) is 5. The Hall–Kier alpha value is -1.61. The Balaban J connectivity index is 2.47.